The van der Waals surface area contributed by atoms with Crippen LogP contribution in [0.3, 0.4) is 0 Å². The van der Waals surface area contributed by atoms with E-state index in [1.54, 1.807) is 0 Å². The van der Waals surface area contributed by atoms with Gasteiger partial charge in [-0.3, -0.25) is 4.39 Å². The Kier molecular flexibility index (Phi) is 3.16. The molecule has 0 fully saturated rings. The first kappa shape index (κ1) is 12.4. The van der Waals surface area contributed by atoms with Crippen molar-refractivity contribution in [3.05, 3.63) is 0 Å². The monoisotopic (exact) mass is 216 g/mol. The van der Waals surface area contributed by atoms with E-state index in [9.17, 15) is 35.1 Å². The number of hydrogen-bond donors (Lipinski definition) is 0. The third kappa shape index (κ3) is 2.22. The molecule has 0 aliphatic carbocycles. The molecule has 8 heteroatoms. The van der Waals surface area contributed by atoms with E-state index in [1.807, 2.05) is 0 Å². The first-order valence-corrected chi connectivity index (χ1v) is 2.94. The average molecular weight is 216 g/mol. The van der Waals surface area contributed by atoms with Crippen LogP contribution in [0.2, 0.25) is 0 Å². The second-order valence-electron chi connectivity index (χ2n) is 2.24. The van der Waals surface area contributed by atoms with Gasteiger partial charge in [0.1, 0.15) is 0 Å². The highest BCUT2D eigenvalue weighted by molar-refractivity contribution is 4.94. The van der Waals surface area contributed by atoms with Crippen LogP contribution >= 0.6 is 0 Å². The van der Waals surface area contributed by atoms with Gasteiger partial charge in [0.25, 0.3) is 0 Å². The number of hydrogen-bond acceptors (Lipinski definition) is 0. The molecule has 0 aromatic heterocycles. The summed E-state index contributed by atoms with van der Waals surface area (Å²) in [5.41, 5.74) is -5.45. The van der Waals surface area contributed by atoms with Gasteiger partial charge in [-0.25, -0.2) is 4.39 Å². The summed E-state index contributed by atoms with van der Waals surface area (Å²) in [4.78, 5) is 0. The van der Waals surface area contributed by atoms with Crippen molar-refractivity contribution in [2.75, 3.05) is 6.67 Å². The Morgan fingerprint density at radius 1 is 0.692 bits per heavy atom. The minimum absolute atomic E-state index is 2.03. The molecule has 0 aromatic rings. The van der Waals surface area contributed by atoms with E-state index in [1.165, 1.54) is 0 Å². The molecule has 13 heavy (non-hydrogen) atoms. The normalized spacial score (nSPS) is 14.8. The molecule has 0 spiro atoms. The minimum Gasteiger partial charge on any atom is -0.251 e. The molecule has 0 bridgehead atoms. The lowest BCUT2D eigenvalue weighted by molar-refractivity contribution is -0.343. The highest BCUT2D eigenvalue weighted by Crippen LogP contribution is 2.48. The van der Waals surface area contributed by atoms with Crippen molar-refractivity contribution >= 4 is 0 Å². The van der Waals surface area contributed by atoms with Crippen molar-refractivity contribution in [3.63, 3.8) is 0 Å². The first-order valence-electron chi connectivity index (χ1n) is 2.94. The molecule has 80 valence electrons. The van der Waals surface area contributed by atoms with Crippen molar-refractivity contribution in [2.24, 2.45) is 0 Å². The summed E-state index contributed by atoms with van der Waals surface area (Å²) in [6, 6.07) is 0. The second kappa shape index (κ2) is 3.30. The van der Waals surface area contributed by atoms with Crippen molar-refractivity contribution in [2.45, 2.75) is 24.4 Å². The van der Waals surface area contributed by atoms with Crippen LogP contribution < -0.4 is 0 Å². The van der Waals surface area contributed by atoms with E-state index in [0.29, 0.717) is 0 Å². The zero-order valence-corrected chi connectivity index (χ0v) is 5.94. The van der Waals surface area contributed by atoms with E-state index in [2.05, 4.69) is 0 Å². The summed E-state index contributed by atoms with van der Waals surface area (Å²) >= 11 is 0. The third-order valence-electron chi connectivity index (χ3n) is 1.34. The molecule has 0 saturated carbocycles. The molecule has 0 unspecified atom stereocenters. The van der Waals surface area contributed by atoms with Crippen LogP contribution in [0, 0.1) is 0 Å². The molecule has 0 aliphatic heterocycles. The molecule has 0 saturated heterocycles. The van der Waals surface area contributed by atoms with Gasteiger partial charge in [0.05, 0.1) is 6.67 Å². The Bertz CT molecular complexity index is 150. The maximum absolute atomic E-state index is 12.3. The van der Waals surface area contributed by atoms with Crippen LogP contribution in [0.5, 0.6) is 0 Å². The van der Waals surface area contributed by atoms with Gasteiger partial charge in [-0.15, -0.1) is 0 Å². The van der Waals surface area contributed by atoms with Gasteiger partial charge in [0, 0.05) is 6.42 Å². The standard InChI is InChI=1S/C5H4F8/c6-2-1-3(7,4(8,9)10)5(11,12)13/h1-2H2. The van der Waals surface area contributed by atoms with E-state index >= 15 is 0 Å². The van der Waals surface area contributed by atoms with Crippen LogP contribution in [-0.2, 0) is 0 Å². The zero-order valence-electron chi connectivity index (χ0n) is 5.94. The Morgan fingerprint density at radius 3 is 1.08 bits per heavy atom. The predicted molar refractivity (Wildman–Crippen MR) is 26.5 cm³/mol. The van der Waals surface area contributed by atoms with Gasteiger partial charge in [0.15, 0.2) is 0 Å². The molecule has 0 N–H and O–H groups in total. The first-order chi connectivity index (χ1) is 5.56. The number of alkyl halides is 8. The topological polar surface area (TPSA) is 0 Å². The van der Waals surface area contributed by atoms with Gasteiger partial charge < -0.3 is 0 Å². The SMILES string of the molecule is FCCC(F)(C(F)(F)F)C(F)(F)F. The summed E-state index contributed by atoms with van der Waals surface area (Å²) in [6.07, 6.45) is -14.5. The van der Waals surface area contributed by atoms with Crippen molar-refractivity contribution in [3.8, 4) is 0 Å². The summed E-state index contributed by atoms with van der Waals surface area (Å²) in [7, 11) is 0. The van der Waals surface area contributed by atoms with Gasteiger partial charge in [-0.1, -0.05) is 0 Å². The fraction of sp³-hybridized carbons (Fsp3) is 1.00. The molecular formula is C5H4F8. The summed E-state index contributed by atoms with van der Waals surface area (Å²) < 4.78 is 92.8. The molecular weight excluding hydrogens is 212 g/mol. The smallest absolute Gasteiger partial charge is 0.251 e. The maximum Gasteiger partial charge on any atom is 0.431 e. The van der Waals surface area contributed by atoms with E-state index in [4.69, 9.17) is 0 Å². The lowest BCUT2D eigenvalue weighted by atomic mass is 10.0. The van der Waals surface area contributed by atoms with E-state index in [-0.39, 0.29) is 0 Å². The Labute approximate surface area is 67.5 Å². The lowest BCUT2D eigenvalue weighted by Gasteiger charge is -2.28. The van der Waals surface area contributed by atoms with Crippen LogP contribution in [0.1, 0.15) is 6.42 Å². The highest BCUT2D eigenvalue weighted by atomic mass is 19.4. The largest absolute Gasteiger partial charge is 0.431 e. The van der Waals surface area contributed by atoms with Crippen LogP contribution in [-0.4, -0.2) is 24.7 Å². The fourth-order valence-electron chi connectivity index (χ4n) is 0.574. The quantitative estimate of drug-likeness (QED) is 0.622. The molecule has 0 rings (SSSR count). The Balaban J connectivity index is 4.96. The van der Waals surface area contributed by atoms with E-state index in [0.717, 1.165) is 0 Å². The van der Waals surface area contributed by atoms with Crippen LogP contribution in [0.25, 0.3) is 0 Å². The van der Waals surface area contributed by atoms with Crippen molar-refractivity contribution in [1.82, 2.24) is 0 Å². The molecule has 0 aliphatic rings. The lowest BCUT2D eigenvalue weighted by Crippen LogP contribution is -2.53. The van der Waals surface area contributed by atoms with Gasteiger partial charge in [-0.2, -0.15) is 26.3 Å². The van der Waals surface area contributed by atoms with E-state index < -0.39 is 31.1 Å². The molecule has 0 amide bonds. The number of rotatable bonds is 2. The predicted octanol–water partition coefficient (Wildman–Crippen LogP) is 3.18. The second-order valence-corrected chi connectivity index (χ2v) is 2.24. The molecule has 0 heterocycles. The molecule has 0 radical (unpaired) electrons. The molecule has 0 atom stereocenters. The van der Waals surface area contributed by atoms with Crippen LogP contribution in [0.15, 0.2) is 0 Å². The van der Waals surface area contributed by atoms with Gasteiger partial charge >= 0.3 is 18.0 Å². The van der Waals surface area contributed by atoms with Crippen LogP contribution in [0.4, 0.5) is 35.1 Å². The fourth-order valence-corrected chi connectivity index (χ4v) is 0.574. The van der Waals surface area contributed by atoms with Gasteiger partial charge in [-0.05, 0) is 0 Å². The average Bonchev–Trinajstić information content (AvgIpc) is 1.82. The van der Waals surface area contributed by atoms with Gasteiger partial charge in [0.2, 0.25) is 0 Å². The zero-order chi connectivity index (χ0) is 10.9. The van der Waals surface area contributed by atoms with Crippen molar-refractivity contribution < 1.29 is 35.1 Å². The summed E-state index contributed by atoms with van der Waals surface area (Å²) in [6.45, 7) is -2.03. The maximum atomic E-state index is 12.3. The molecule has 0 aromatic carbocycles. The Hall–Kier alpha value is -0.560. The number of halogens is 8. The molecule has 0 nitrogen and oxygen atoms in total. The minimum atomic E-state index is -6.14. The summed E-state index contributed by atoms with van der Waals surface area (Å²) in [5.74, 6) is 0. The highest BCUT2D eigenvalue weighted by Gasteiger charge is 2.71. The summed E-state index contributed by atoms with van der Waals surface area (Å²) in [5, 5.41) is 0. The van der Waals surface area contributed by atoms with Crippen molar-refractivity contribution in [1.29, 1.82) is 0 Å². The third-order valence-corrected chi connectivity index (χ3v) is 1.34. The Morgan fingerprint density at radius 2 is 1.00 bits per heavy atom.